The fourth-order valence-electron chi connectivity index (χ4n) is 2.77. The van der Waals surface area contributed by atoms with Gasteiger partial charge in [0, 0.05) is 18.8 Å². The van der Waals surface area contributed by atoms with Gasteiger partial charge in [0.05, 0.1) is 0 Å². The molecule has 2 fully saturated rings. The molecular weight excluding hydrogens is 270 g/mol. The number of hydrogen-bond donors (Lipinski definition) is 3. The molecule has 1 unspecified atom stereocenters. The first-order valence-electron chi connectivity index (χ1n) is 7.35. The summed E-state index contributed by atoms with van der Waals surface area (Å²) in [4.78, 5) is 31.3. The Balaban J connectivity index is 1.61. The van der Waals surface area contributed by atoms with Crippen LogP contribution in [0.25, 0.3) is 0 Å². The molecule has 0 radical (unpaired) electrons. The zero-order valence-corrected chi connectivity index (χ0v) is 11.8. The fraction of sp³-hybridized carbons (Fsp3) is 0.571. The maximum atomic E-state index is 11.7. The van der Waals surface area contributed by atoms with Gasteiger partial charge < -0.3 is 10.6 Å². The third-order valence-corrected chi connectivity index (χ3v) is 4.02. The maximum absolute atomic E-state index is 11.7. The topological polar surface area (TPSA) is 96.0 Å². The zero-order valence-electron chi connectivity index (χ0n) is 11.8. The second-order valence-electron chi connectivity index (χ2n) is 5.51. The lowest BCUT2D eigenvalue weighted by Crippen LogP contribution is -2.47. The van der Waals surface area contributed by atoms with E-state index in [1.54, 1.807) is 0 Å². The molecule has 1 aromatic rings. The number of carbonyl (C=O) groups is 2. The largest absolute Gasteiger partial charge is 0.342 e. The smallest absolute Gasteiger partial charge is 0.249 e. The van der Waals surface area contributed by atoms with E-state index < -0.39 is 6.04 Å². The number of piperidine rings is 2. The lowest BCUT2D eigenvalue weighted by molar-refractivity contribution is -0.133. The van der Waals surface area contributed by atoms with Crippen LogP contribution >= 0.6 is 0 Å². The molecule has 112 valence electrons. The number of hydrogen-bond acceptors (Lipinski definition) is 6. The molecule has 3 heterocycles. The summed E-state index contributed by atoms with van der Waals surface area (Å²) in [6.07, 6.45) is 6.68. The van der Waals surface area contributed by atoms with Crippen molar-refractivity contribution in [2.24, 2.45) is 0 Å². The number of imide groups is 1. The van der Waals surface area contributed by atoms with Crippen LogP contribution in [0.5, 0.6) is 0 Å². The monoisotopic (exact) mass is 289 g/mol. The summed E-state index contributed by atoms with van der Waals surface area (Å²) in [7, 11) is 0. The van der Waals surface area contributed by atoms with Crippen LogP contribution in [-0.4, -0.2) is 40.9 Å². The highest BCUT2D eigenvalue weighted by Gasteiger charge is 2.27. The van der Waals surface area contributed by atoms with Gasteiger partial charge in [-0.15, -0.1) is 0 Å². The van der Waals surface area contributed by atoms with Crippen molar-refractivity contribution in [2.45, 2.75) is 37.6 Å². The minimum Gasteiger partial charge on any atom is -0.342 e. The van der Waals surface area contributed by atoms with Crippen LogP contribution in [0, 0.1) is 0 Å². The van der Waals surface area contributed by atoms with Gasteiger partial charge in [0.15, 0.2) is 0 Å². The summed E-state index contributed by atoms with van der Waals surface area (Å²) in [6, 6.07) is -0.438. The van der Waals surface area contributed by atoms with Crippen molar-refractivity contribution in [1.82, 2.24) is 20.6 Å². The predicted octanol–water partition coefficient (Wildman–Crippen LogP) is 0.161. The average Bonchev–Trinajstić information content (AvgIpc) is 2.52. The summed E-state index contributed by atoms with van der Waals surface area (Å²) in [5.41, 5.74) is 1.14. The van der Waals surface area contributed by atoms with Crippen molar-refractivity contribution in [3.63, 3.8) is 0 Å². The molecule has 21 heavy (non-hydrogen) atoms. The van der Waals surface area contributed by atoms with Crippen LogP contribution in [0.15, 0.2) is 12.4 Å². The lowest BCUT2D eigenvalue weighted by atomic mass is 9.92. The van der Waals surface area contributed by atoms with Crippen LogP contribution in [0.2, 0.25) is 0 Å². The minimum absolute atomic E-state index is 0.222. The molecule has 7 heteroatoms. The Morgan fingerprint density at radius 2 is 1.81 bits per heavy atom. The van der Waals surface area contributed by atoms with Gasteiger partial charge in [-0.25, -0.2) is 9.97 Å². The second-order valence-corrected chi connectivity index (χ2v) is 5.51. The molecule has 0 bridgehead atoms. The first-order valence-corrected chi connectivity index (χ1v) is 7.35. The Labute approximate surface area is 122 Å². The van der Waals surface area contributed by atoms with Gasteiger partial charge in [0.2, 0.25) is 17.8 Å². The van der Waals surface area contributed by atoms with E-state index in [1.807, 2.05) is 12.4 Å². The van der Waals surface area contributed by atoms with Gasteiger partial charge in [0.25, 0.3) is 0 Å². The molecule has 0 aromatic carbocycles. The maximum Gasteiger partial charge on any atom is 0.249 e. The molecule has 1 atom stereocenters. The number of rotatable bonds is 3. The molecule has 0 saturated carbocycles. The number of aromatic nitrogens is 2. The molecule has 2 aliphatic rings. The van der Waals surface area contributed by atoms with Crippen molar-refractivity contribution >= 4 is 17.8 Å². The summed E-state index contributed by atoms with van der Waals surface area (Å²) in [5, 5.41) is 8.63. The Bertz CT molecular complexity index is 525. The first-order chi connectivity index (χ1) is 10.2. The molecule has 2 saturated heterocycles. The second kappa shape index (κ2) is 6.17. The van der Waals surface area contributed by atoms with E-state index in [1.165, 1.54) is 0 Å². The summed E-state index contributed by atoms with van der Waals surface area (Å²) in [5.74, 6) is 0.413. The standard InChI is InChI=1S/C14H19N5O2/c20-12-2-1-11(13(21)19-12)18-14-16-7-10(8-17-14)9-3-5-15-6-4-9/h7-9,11,15H,1-6H2,(H,16,17,18)(H,19,20,21). The van der Waals surface area contributed by atoms with E-state index in [0.717, 1.165) is 31.5 Å². The molecule has 2 aliphatic heterocycles. The number of amides is 2. The van der Waals surface area contributed by atoms with Crippen molar-refractivity contribution in [2.75, 3.05) is 18.4 Å². The normalized spacial score (nSPS) is 23.7. The van der Waals surface area contributed by atoms with Crippen LogP contribution < -0.4 is 16.0 Å². The Morgan fingerprint density at radius 1 is 1.10 bits per heavy atom. The first kappa shape index (κ1) is 13.9. The van der Waals surface area contributed by atoms with Crippen LogP contribution in [-0.2, 0) is 9.59 Å². The van der Waals surface area contributed by atoms with Crippen molar-refractivity contribution in [3.8, 4) is 0 Å². The SMILES string of the molecule is O=C1CCC(Nc2ncc(C3CCNCC3)cn2)C(=O)N1. The summed E-state index contributed by atoms with van der Waals surface area (Å²) >= 11 is 0. The van der Waals surface area contributed by atoms with Gasteiger partial charge in [-0.3, -0.25) is 14.9 Å². The van der Waals surface area contributed by atoms with Gasteiger partial charge >= 0.3 is 0 Å². The molecule has 2 amide bonds. The van der Waals surface area contributed by atoms with E-state index in [4.69, 9.17) is 0 Å². The Kier molecular flexibility index (Phi) is 4.10. The number of anilines is 1. The van der Waals surface area contributed by atoms with E-state index >= 15 is 0 Å². The Morgan fingerprint density at radius 3 is 2.48 bits per heavy atom. The molecule has 7 nitrogen and oxygen atoms in total. The minimum atomic E-state index is -0.438. The van der Waals surface area contributed by atoms with E-state index in [0.29, 0.717) is 24.7 Å². The van der Waals surface area contributed by atoms with Gasteiger partial charge in [-0.2, -0.15) is 0 Å². The van der Waals surface area contributed by atoms with Crippen LogP contribution in [0.3, 0.4) is 0 Å². The highest BCUT2D eigenvalue weighted by Crippen LogP contribution is 2.24. The van der Waals surface area contributed by atoms with E-state index in [2.05, 4.69) is 25.9 Å². The summed E-state index contributed by atoms with van der Waals surface area (Å²) < 4.78 is 0. The van der Waals surface area contributed by atoms with Crippen molar-refractivity contribution in [3.05, 3.63) is 18.0 Å². The zero-order chi connectivity index (χ0) is 14.7. The highest BCUT2D eigenvalue weighted by atomic mass is 16.2. The van der Waals surface area contributed by atoms with E-state index in [-0.39, 0.29) is 11.8 Å². The third kappa shape index (κ3) is 3.36. The van der Waals surface area contributed by atoms with Crippen molar-refractivity contribution in [1.29, 1.82) is 0 Å². The number of carbonyl (C=O) groups excluding carboxylic acids is 2. The molecule has 3 N–H and O–H groups in total. The molecule has 0 aliphatic carbocycles. The molecule has 0 spiro atoms. The van der Waals surface area contributed by atoms with E-state index in [9.17, 15) is 9.59 Å². The van der Waals surface area contributed by atoms with Crippen LogP contribution in [0.1, 0.15) is 37.2 Å². The molecular formula is C14H19N5O2. The Hall–Kier alpha value is -2.02. The molecule has 3 rings (SSSR count). The quantitative estimate of drug-likeness (QED) is 0.686. The third-order valence-electron chi connectivity index (χ3n) is 4.02. The average molecular weight is 289 g/mol. The van der Waals surface area contributed by atoms with Crippen LogP contribution in [0.4, 0.5) is 5.95 Å². The summed E-state index contributed by atoms with van der Waals surface area (Å²) in [6.45, 7) is 2.06. The highest BCUT2D eigenvalue weighted by molar-refractivity contribution is 6.01. The predicted molar refractivity (Wildman–Crippen MR) is 76.7 cm³/mol. The van der Waals surface area contributed by atoms with Crippen molar-refractivity contribution < 1.29 is 9.59 Å². The fourth-order valence-corrected chi connectivity index (χ4v) is 2.77. The number of nitrogens with zero attached hydrogens (tertiary/aromatic N) is 2. The number of nitrogens with one attached hydrogen (secondary N) is 3. The van der Waals surface area contributed by atoms with Gasteiger partial charge in [-0.05, 0) is 43.8 Å². The van der Waals surface area contributed by atoms with Gasteiger partial charge in [-0.1, -0.05) is 0 Å². The molecule has 1 aromatic heterocycles. The van der Waals surface area contributed by atoms with Gasteiger partial charge in [0.1, 0.15) is 6.04 Å². The lowest BCUT2D eigenvalue weighted by Gasteiger charge is -2.23.